The van der Waals surface area contributed by atoms with Crippen LogP contribution in [0.5, 0.6) is 0 Å². The summed E-state index contributed by atoms with van der Waals surface area (Å²) in [4.78, 5) is 11.9. The highest BCUT2D eigenvalue weighted by atomic mass is 16.1. The largest absolute Gasteiger partial charge is 0.294 e. The fourth-order valence-corrected chi connectivity index (χ4v) is 2.45. The number of carbonyl (C=O) groups excluding carboxylic acids is 1. The fourth-order valence-electron chi connectivity index (χ4n) is 2.45. The Balaban J connectivity index is 2.10. The molecule has 0 amide bonds. The molecule has 102 valence electrons. The molecule has 0 aromatic heterocycles. The molecule has 0 bridgehead atoms. The summed E-state index contributed by atoms with van der Waals surface area (Å²) in [5, 5.41) is 2.25. The van der Waals surface area contributed by atoms with Crippen LogP contribution >= 0.6 is 0 Å². The molecule has 0 aliphatic rings. The van der Waals surface area contributed by atoms with E-state index in [1.165, 1.54) is 0 Å². The van der Waals surface area contributed by atoms with E-state index in [0.29, 0.717) is 0 Å². The lowest BCUT2D eigenvalue weighted by Crippen LogP contribution is -1.96. The van der Waals surface area contributed by atoms with Gasteiger partial charge in [-0.15, -0.1) is 0 Å². The minimum absolute atomic E-state index is 0.0912. The molecule has 0 atom stereocenters. The molecule has 3 aromatic carbocycles. The summed E-state index contributed by atoms with van der Waals surface area (Å²) >= 11 is 0. The average Bonchev–Trinajstić information content (AvgIpc) is 2.53. The first-order valence-corrected chi connectivity index (χ1v) is 7.01. The van der Waals surface area contributed by atoms with E-state index in [4.69, 9.17) is 0 Å². The lowest BCUT2D eigenvalue weighted by molar-refractivity contribution is 0.101. The van der Waals surface area contributed by atoms with Crippen LogP contribution in [0.1, 0.15) is 28.4 Å². The number of carbonyl (C=O) groups is 1. The third-order valence-corrected chi connectivity index (χ3v) is 3.55. The Kier molecular flexibility index (Phi) is 3.65. The van der Waals surface area contributed by atoms with Crippen molar-refractivity contribution < 1.29 is 4.79 Å². The second-order valence-electron chi connectivity index (χ2n) is 5.09. The van der Waals surface area contributed by atoms with Crippen molar-refractivity contribution in [3.63, 3.8) is 0 Å². The minimum Gasteiger partial charge on any atom is -0.294 e. The second-order valence-corrected chi connectivity index (χ2v) is 5.09. The summed E-state index contributed by atoms with van der Waals surface area (Å²) in [5.41, 5.74) is 2.85. The summed E-state index contributed by atoms with van der Waals surface area (Å²) < 4.78 is 0. The number of ketones is 1. The Morgan fingerprint density at radius 2 is 1.43 bits per heavy atom. The van der Waals surface area contributed by atoms with Gasteiger partial charge in [-0.3, -0.25) is 4.79 Å². The van der Waals surface area contributed by atoms with Crippen molar-refractivity contribution in [2.75, 3.05) is 0 Å². The van der Waals surface area contributed by atoms with Crippen LogP contribution in [-0.2, 0) is 0 Å². The quantitative estimate of drug-likeness (QED) is 0.472. The molecule has 0 saturated heterocycles. The number of hydrogen-bond donors (Lipinski definition) is 0. The molecular formula is C20H16O. The van der Waals surface area contributed by atoms with E-state index in [-0.39, 0.29) is 5.78 Å². The molecule has 0 aliphatic heterocycles. The third kappa shape index (κ3) is 2.92. The van der Waals surface area contributed by atoms with Crippen molar-refractivity contribution in [1.29, 1.82) is 0 Å². The minimum atomic E-state index is 0.0912. The second kappa shape index (κ2) is 5.76. The zero-order valence-corrected chi connectivity index (χ0v) is 11.9. The monoisotopic (exact) mass is 272 g/mol. The summed E-state index contributed by atoms with van der Waals surface area (Å²) in [6.07, 6.45) is 4.05. The maximum atomic E-state index is 11.9. The number of Topliss-reactive ketones (excluding diaryl/α,β-unsaturated/α-hetero) is 1. The fraction of sp³-hybridized carbons (Fsp3) is 0.0500. The predicted molar refractivity (Wildman–Crippen MR) is 89.3 cm³/mol. The van der Waals surface area contributed by atoms with Crippen molar-refractivity contribution in [2.45, 2.75) is 6.92 Å². The number of hydrogen-bond acceptors (Lipinski definition) is 1. The molecule has 1 heteroatoms. The highest BCUT2D eigenvalue weighted by Crippen LogP contribution is 2.22. The third-order valence-electron chi connectivity index (χ3n) is 3.55. The van der Waals surface area contributed by atoms with Crippen LogP contribution in [0.2, 0.25) is 0 Å². The van der Waals surface area contributed by atoms with Crippen LogP contribution in [0.3, 0.4) is 0 Å². The van der Waals surface area contributed by atoms with E-state index >= 15 is 0 Å². The van der Waals surface area contributed by atoms with Gasteiger partial charge in [-0.25, -0.2) is 0 Å². The van der Waals surface area contributed by atoms with Crippen LogP contribution < -0.4 is 0 Å². The van der Waals surface area contributed by atoms with Crippen molar-refractivity contribution in [3.8, 4) is 0 Å². The molecule has 0 spiro atoms. The van der Waals surface area contributed by atoms with Crippen molar-refractivity contribution in [2.24, 2.45) is 0 Å². The van der Waals surface area contributed by atoms with E-state index in [1.807, 2.05) is 66.7 Å². The van der Waals surface area contributed by atoms with E-state index in [0.717, 1.165) is 27.5 Å². The van der Waals surface area contributed by atoms with Gasteiger partial charge < -0.3 is 0 Å². The van der Waals surface area contributed by atoms with Gasteiger partial charge >= 0.3 is 0 Å². The Labute approximate surface area is 124 Å². The van der Waals surface area contributed by atoms with Gasteiger partial charge in [0.2, 0.25) is 0 Å². The molecular weight excluding hydrogens is 256 g/mol. The van der Waals surface area contributed by atoms with Gasteiger partial charge in [0, 0.05) is 5.56 Å². The van der Waals surface area contributed by atoms with Crippen LogP contribution in [0.4, 0.5) is 0 Å². The molecule has 3 rings (SSSR count). The van der Waals surface area contributed by atoms with Gasteiger partial charge in [0.25, 0.3) is 0 Å². The molecule has 0 N–H and O–H groups in total. The number of rotatable bonds is 3. The predicted octanol–water partition coefficient (Wildman–Crippen LogP) is 5.21. The summed E-state index contributed by atoms with van der Waals surface area (Å²) in [6.45, 7) is 1.62. The molecule has 0 unspecified atom stereocenters. The van der Waals surface area contributed by atoms with Crippen LogP contribution in [0.15, 0.2) is 66.7 Å². The van der Waals surface area contributed by atoms with E-state index in [1.54, 1.807) is 6.92 Å². The van der Waals surface area contributed by atoms with Crippen LogP contribution in [0.25, 0.3) is 22.9 Å². The molecule has 0 aliphatic carbocycles. The van der Waals surface area contributed by atoms with Gasteiger partial charge in [0.15, 0.2) is 5.78 Å². The molecule has 0 saturated carbocycles. The first-order chi connectivity index (χ1) is 10.2. The standard InChI is InChI=1S/C20H16O/c1-15(21)20-14-18-10-6-5-9-17(18)13-19(20)12-11-16-7-3-2-4-8-16/h2-14H,1H3/b12-11+. The van der Waals surface area contributed by atoms with Gasteiger partial charge in [-0.1, -0.05) is 66.7 Å². The Morgan fingerprint density at radius 1 is 0.810 bits per heavy atom. The van der Waals surface area contributed by atoms with Gasteiger partial charge in [-0.2, -0.15) is 0 Å². The molecule has 0 heterocycles. The zero-order chi connectivity index (χ0) is 14.7. The molecule has 0 radical (unpaired) electrons. The molecule has 0 fully saturated rings. The lowest BCUT2D eigenvalue weighted by Gasteiger charge is -2.06. The highest BCUT2D eigenvalue weighted by molar-refractivity contribution is 6.03. The number of benzene rings is 3. The van der Waals surface area contributed by atoms with Gasteiger partial charge in [0.1, 0.15) is 0 Å². The van der Waals surface area contributed by atoms with Crippen LogP contribution in [-0.4, -0.2) is 5.78 Å². The topological polar surface area (TPSA) is 17.1 Å². The SMILES string of the molecule is CC(=O)c1cc2ccccc2cc1/C=C/c1ccccc1. The maximum absolute atomic E-state index is 11.9. The van der Waals surface area contributed by atoms with E-state index in [2.05, 4.69) is 12.1 Å². The van der Waals surface area contributed by atoms with Gasteiger partial charge in [-0.05, 0) is 41.0 Å². The Hall–Kier alpha value is -2.67. The molecule has 21 heavy (non-hydrogen) atoms. The highest BCUT2D eigenvalue weighted by Gasteiger charge is 2.06. The van der Waals surface area contributed by atoms with Crippen molar-refractivity contribution >= 4 is 28.7 Å². The van der Waals surface area contributed by atoms with E-state index < -0.39 is 0 Å². The van der Waals surface area contributed by atoms with Crippen LogP contribution in [0, 0.1) is 0 Å². The smallest absolute Gasteiger partial charge is 0.160 e. The Bertz CT molecular complexity index is 814. The Morgan fingerprint density at radius 3 is 2.10 bits per heavy atom. The first kappa shape index (κ1) is 13.3. The number of fused-ring (bicyclic) bond motifs is 1. The van der Waals surface area contributed by atoms with Crippen molar-refractivity contribution in [3.05, 3.63) is 83.4 Å². The zero-order valence-electron chi connectivity index (χ0n) is 11.9. The maximum Gasteiger partial charge on any atom is 0.160 e. The molecule has 1 nitrogen and oxygen atoms in total. The van der Waals surface area contributed by atoms with Crippen molar-refractivity contribution in [1.82, 2.24) is 0 Å². The first-order valence-electron chi connectivity index (χ1n) is 7.01. The van der Waals surface area contributed by atoms with E-state index in [9.17, 15) is 4.79 Å². The summed E-state index contributed by atoms with van der Waals surface area (Å²) in [6, 6.07) is 22.3. The lowest BCUT2D eigenvalue weighted by atomic mass is 9.98. The summed E-state index contributed by atoms with van der Waals surface area (Å²) in [5.74, 6) is 0.0912. The normalized spacial score (nSPS) is 11.1. The average molecular weight is 272 g/mol. The van der Waals surface area contributed by atoms with Gasteiger partial charge in [0.05, 0.1) is 0 Å². The molecule has 3 aromatic rings. The summed E-state index contributed by atoms with van der Waals surface area (Å²) in [7, 11) is 0.